The maximum atomic E-state index is 3.44. The summed E-state index contributed by atoms with van der Waals surface area (Å²) in [4.78, 5) is 0. The lowest BCUT2D eigenvalue weighted by molar-refractivity contribution is 0.589. The van der Waals surface area contributed by atoms with E-state index in [1.165, 1.54) is 11.1 Å². The maximum absolute atomic E-state index is 3.44. The number of rotatable bonds is 5. The zero-order chi connectivity index (χ0) is 12.7. The smallest absolute Gasteiger partial charge is 0.0536 e. The van der Waals surface area contributed by atoms with E-state index in [0.29, 0.717) is 12.0 Å². The van der Waals surface area contributed by atoms with Gasteiger partial charge in [-0.05, 0) is 43.9 Å². The van der Waals surface area contributed by atoms with Gasteiger partial charge in [0.05, 0.1) is 6.04 Å². The molecule has 0 radical (unpaired) electrons. The van der Waals surface area contributed by atoms with Crippen molar-refractivity contribution < 1.29 is 0 Å². The molecule has 1 heteroatoms. The first-order chi connectivity index (χ1) is 8.24. The predicted molar refractivity (Wildman–Crippen MR) is 77.0 cm³/mol. The second-order valence-corrected chi connectivity index (χ2v) is 4.55. The molecule has 1 N–H and O–H groups in total. The van der Waals surface area contributed by atoms with E-state index < -0.39 is 0 Å². The number of likely N-dealkylation sites (N-methyl/N-ethyl adjacent to an activating group) is 1. The van der Waals surface area contributed by atoms with Gasteiger partial charge in [0.1, 0.15) is 0 Å². The number of nitrogens with one attached hydrogen (secondary N) is 1. The van der Waals surface area contributed by atoms with Crippen molar-refractivity contribution in [3.8, 4) is 0 Å². The molecule has 1 aliphatic rings. The second kappa shape index (κ2) is 7.29. The van der Waals surface area contributed by atoms with Gasteiger partial charge in [-0.1, -0.05) is 50.3 Å². The molecule has 0 spiro atoms. The van der Waals surface area contributed by atoms with Gasteiger partial charge in [0, 0.05) is 0 Å². The minimum Gasteiger partial charge on any atom is -0.310 e. The van der Waals surface area contributed by atoms with Gasteiger partial charge in [-0.25, -0.2) is 0 Å². The number of hydrogen-bond acceptors (Lipinski definition) is 1. The Morgan fingerprint density at radius 1 is 1.59 bits per heavy atom. The summed E-state index contributed by atoms with van der Waals surface area (Å²) in [6.07, 6.45) is 15.6. The fraction of sp³-hybridized carbons (Fsp3) is 0.500. The molecule has 2 atom stereocenters. The zero-order valence-electron chi connectivity index (χ0n) is 11.5. The van der Waals surface area contributed by atoms with Crippen LogP contribution in [0.5, 0.6) is 0 Å². The summed E-state index contributed by atoms with van der Waals surface area (Å²) in [5.41, 5.74) is 2.85. The Hall–Kier alpha value is -1.08. The fourth-order valence-electron chi connectivity index (χ4n) is 2.28. The lowest BCUT2D eigenvalue weighted by Gasteiger charge is -2.27. The largest absolute Gasteiger partial charge is 0.310 e. The van der Waals surface area contributed by atoms with Gasteiger partial charge in [-0.15, -0.1) is 0 Å². The summed E-state index contributed by atoms with van der Waals surface area (Å²) in [6.45, 7) is 6.59. The third kappa shape index (κ3) is 3.71. The minimum atomic E-state index is 0.350. The normalized spacial score (nSPS) is 22.9. The topological polar surface area (TPSA) is 12.0 Å². The van der Waals surface area contributed by atoms with Crippen LogP contribution in [0.25, 0.3) is 0 Å². The highest BCUT2D eigenvalue weighted by Gasteiger charge is 2.20. The Balaban J connectivity index is 2.93. The van der Waals surface area contributed by atoms with Crippen LogP contribution in [0.4, 0.5) is 0 Å². The van der Waals surface area contributed by atoms with Crippen LogP contribution in [0.1, 0.15) is 33.6 Å². The molecule has 0 bridgehead atoms. The molecule has 0 fully saturated rings. The highest BCUT2D eigenvalue weighted by atomic mass is 14.9. The van der Waals surface area contributed by atoms with Gasteiger partial charge in [0.15, 0.2) is 0 Å². The van der Waals surface area contributed by atoms with Crippen molar-refractivity contribution >= 4 is 0 Å². The molecule has 1 rings (SSSR count). The van der Waals surface area contributed by atoms with Crippen LogP contribution in [-0.2, 0) is 0 Å². The van der Waals surface area contributed by atoms with Gasteiger partial charge in [0.2, 0.25) is 0 Å². The molecular formula is C16H25N. The van der Waals surface area contributed by atoms with Crippen LogP contribution in [0.2, 0.25) is 0 Å². The van der Waals surface area contributed by atoms with E-state index in [-0.39, 0.29) is 0 Å². The van der Waals surface area contributed by atoms with Crippen molar-refractivity contribution in [3.05, 3.63) is 47.6 Å². The summed E-state index contributed by atoms with van der Waals surface area (Å²) in [5, 5.41) is 3.44. The van der Waals surface area contributed by atoms with E-state index in [0.717, 1.165) is 12.8 Å². The van der Waals surface area contributed by atoms with Gasteiger partial charge in [-0.3, -0.25) is 0 Å². The summed E-state index contributed by atoms with van der Waals surface area (Å²) < 4.78 is 0. The maximum Gasteiger partial charge on any atom is 0.0536 e. The Labute approximate surface area is 106 Å². The van der Waals surface area contributed by atoms with E-state index in [9.17, 15) is 0 Å². The standard InChI is InChI=1S/C16H25N/c1-5-7-11-14(6-2)16(17-4)15-12-9-8-10-13(15)3/h6-9,11-13,16-17H,5,10H2,1-4H3. The molecule has 0 aliphatic heterocycles. The highest BCUT2D eigenvalue weighted by molar-refractivity contribution is 5.37. The second-order valence-electron chi connectivity index (χ2n) is 4.55. The van der Waals surface area contributed by atoms with Crippen LogP contribution in [0, 0.1) is 5.92 Å². The lowest BCUT2D eigenvalue weighted by atomic mass is 9.84. The van der Waals surface area contributed by atoms with E-state index in [2.05, 4.69) is 62.5 Å². The summed E-state index contributed by atoms with van der Waals surface area (Å²) >= 11 is 0. The SMILES string of the molecule is CC=C(C=CCC)C(NC)C1=CC=CCC1C. The van der Waals surface area contributed by atoms with E-state index in [4.69, 9.17) is 0 Å². The number of allylic oxidation sites excluding steroid dienone is 5. The molecule has 0 heterocycles. The van der Waals surface area contributed by atoms with Crippen LogP contribution in [-0.4, -0.2) is 13.1 Å². The average molecular weight is 231 g/mol. The Morgan fingerprint density at radius 2 is 2.35 bits per heavy atom. The number of hydrogen-bond donors (Lipinski definition) is 1. The third-order valence-corrected chi connectivity index (χ3v) is 3.32. The van der Waals surface area contributed by atoms with Gasteiger partial charge < -0.3 is 5.32 Å². The molecular weight excluding hydrogens is 206 g/mol. The van der Waals surface area contributed by atoms with Gasteiger partial charge >= 0.3 is 0 Å². The molecule has 1 aliphatic carbocycles. The first-order valence-electron chi connectivity index (χ1n) is 6.61. The van der Waals surface area contributed by atoms with Crippen LogP contribution < -0.4 is 5.32 Å². The monoisotopic (exact) mass is 231 g/mol. The molecule has 0 amide bonds. The molecule has 17 heavy (non-hydrogen) atoms. The quantitative estimate of drug-likeness (QED) is 0.705. The zero-order valence-corrected chi connectivity index (χ0v) is 11.5. The van der Waals surface area contributed by atoms with Crippen molar-refractivity contribution in [1.29, 1.82) is 0 Å². The summed E-state index contributed by atoms with van der Waals surface area (Å²) in [6, 6.07) is 0.350. The third-order valence-electron chi connectivity index (χ3n) is 3.32. The van der Waals surface area contributed by atoms with E-state index in [1.54, 1.807) is 0 Å². The van der Waals surface area contributed by atoms with E-state index >= 15 is 0 Å². The molecule has 0 aromatic carbocycles. The molecule has 94 valence electrons. The highest BCUT2D eigenvalue weighted by Crippen LogP contribution is 2.26. The molecule has 2 unspecified atom stereocenters. The Bertz CT molecular complexity index is 345. The Kier molecular flexibility index (Phi) is 5.99. The van der Waals surface area contributed by atoms with Crippen molar-refractivity contribution in [1.82, 2.24) is 5.32 Å². The van der Waals surface area contributed by atoms with E-state index in [1.807, 2.05) is 7.05 Å². The van der Waals surface area contributed by atoms with Crippen molar-refractivity contribution in [2.24, 2.45) is 5.92 Å². The molecule has 0 aromatic heterocycles. The van der Waals surface area contributed by atoms with Gasteiger partial charge in [0.25, 0.3) is 0 Å². The average Bonchev–Trinajstić information content (AvgIpc) is 2.36. The first kappa shape index (κ1) is 14.0. The van der Waals surface area contributed by atoms with Crippen molar-refractivity contribution in [2.75, 3.05) is 7.05 Å². The summed E-state index contributed by atoms with van der Waals surface area (Å²) in [5.74, 6) is 0.627. The van der Waals surface area contributed by atoms with Gasteiger partial charge in [-0.2, -0.15) is 0 Å². The first-order valence-corrected chi connectivity index (χ1v) is 6.61. The molecule has 0 saturated carbocycles. The predicted octanol–water partition coefficient (Wildman–Crippen LogP) is 4.01. The fourth-order valence-corrected chi connectivity index (χ4v) is 2.28. The Morgan fingerprint density at radius 3 is 2.88 bits per heavy atom. The molecule has 0 saturated heterocycles. The lowest BCUT2D eigenvalue weighted by Crippen LogP contribution is -2.32. The van der Waals surface area contributed by atoms with Crippen LogP contribution in [0.3, 0.4) is 0 Å². The van der Waals surface area contributed by atoms with Crippen LogP contribution >= 0.6 is 0 Å². The minimum absolute atomic E-state index is 0.350. The van der Waals surface area contributed by atoms with Crippen molar-refractivity contribution in [3.63, 3.8) is 0 Å². The molecule has 1 nitrogen and oxygen atoms in total. The summed E-state index contributed by atoms with van der Waals surface area (Å²) in [7, 11) is 2.04. The molecule has 0 aromatic rings. The van der Waals surface area contributed by atoms with Crippen LogP contribution in [0.15, 0.2) is 47.6 Å². The van der Waals surface area contributed by atoms with Crippen molar-refractivity contribution in [2.45, 2.75) is 39.7 Å².